The summed E-state index contributed by atoms with van der Waals surface area (Å²) >= 11 is 0. The molecule has 2 aliphatic carbocycles. The second-order valence-corrected chi connectivity index (χ2v) is 6.94. The fourth-order valence-electron chi connectivity index (χ4n) is 3.83. The Labute approximate surface area is 124 Å². The fraction of sp³-hybridized carbons (Fsp3) is 0.941. The van der Waals surface area contributed by atoms with E-state index in [0.29, 0.717) is 24.4 Å². The minimum Gasteiger partial charge on any atom is -0.353 e. The summed E-state index contributed by atoms with van der Waals surface area (Å²) in [6.07, 6.45) is 15.5. The van der Waals surface area contributed by atoms with Crippen LogP contribution in [0.5, 0.6) is 0 Å². The van der Waals surface area contributed by atoms with Gasteiger partial charge in [-0.3, -0.25) is 4.79 Å². The van der Waals surface area contributed by atoms with E-state index in [2.05, 4.69) is 5.32 Å². The molecule has 0 aromatic carbocycles. The Balaban J connectivity index is 1.63. The third kappa shape index (κ3) is 5.82. The molecule has 1 amide bonds. The van der Waals surface area contributed by atoms with Gasteiger partial charge in [0.25, 0.3) is 0 Å². The van der Waals surface area contributed by atoms with Crippen molar-refractivity contribution >= 4 is 5.91 Å². The number of nitrogens with one attached hydrogen (secondary N) is 1. The lowest BCUT2D eigenvalue weighted by Gasteiger charge is -2.27. The van der Waals surface area contributed by atoms with Crippen LogP contribution in [-0.4, -0.2) is 18.0 Å². The first kappa shape index (κ1) is 15.8. The van der Waals surface area contributed by atoms with Crippen molar-refractivity contribution in [3.8, 4) is 0 Å². The van der Waals surface area contributed by atoms with E-state index in [-0.39, 0.29) is 5.91 Å². The maximum Gasteiger partial charge on any atom is 0.220 e. The highest BCUT2D eigenvalue weighted by Gasteiger charge is 2.20. The van der Waals surface area contributed by atoms with Gasteiger partial charge in [-0.15, -0.1) is 0 Å². The molecule has 20 heavy (non-hydrogen) atoms. The normalized spacial score (nSPS) is 29.4. The van der Waals surface area contributed by atoms with Crippen molar-refractivity contribution in [3.63, 3.8) is 0 Å². The summed E-state index contributed by atoms with van der Waals surface area (Å²) in [7, 11) is 0. The lowest BCUT2D eigenvalue weighted by atomic mass is 9.83. The molecular weight excluding hydrogens is 248 g/mol. The summed E-state index contributed by atoms with van der Waals surface area (Å²) in [5.41, 5.74) is 6.01. The van der Waals surface area contributed by atoms with Crippen LogP contribution in [0.3, 0.4) is 0 Å². The number of rotatable bonds is 4. The number of nitrogens with two attached hydrogens (primary N) is 1. The van der Waals surface area contributed by atoms with Crippen molar-refractivity contribution in [1.29, 1.82) is 0 Å². The van der Waals surface area contributed by atoms with Gasteiger partial charge in [0, 0.05) is 18.5 Å². The zero-order valence-electron chi connectivity index (χ0n) is 12.9. The molecule has 0 aromatic rings. The second-order valence-electron chi connectivity index (χ2n) is 6.94. The van der Waals surface area contributed by atoms with Gasteiger partial charge in [0.2, 0.25) is 5.91 Å². The van der Waals surface area contributed by atoms with Crippen molar-refractivity contribution in [1.82, 2.24) is 5.32 Å². The average molecular weight is 280 g/mol. The molecule has 0 heterocycles. The molecule has 2 unspecified atom stereocenters. The van der Waals surface area contributed by atoms with Crippen molar-refractivity contribution < 1.29 is 4.79 Å². The summed E-state index contributed by atoms with van der Waals surface area (Å²) in [4.78, 5) is 12.1. The van der Waals surface area contributed by atoms with E-state index < -0.39 is 0 Å². The van der Waals surface area contributed by atoms with E-state index in [1.54, 1.807) is 0 Å². The largest absolute Gasteiger partial charge is 0.353 e. The number of carbonyl (C=O) groups excluding carboxylic acids is 1. The number of hydrogen-bond donors (Lipinski definition) is 2. The summed E-state index contributed by atoms with van der Waals surface area (Å²) in [6, 6.07) is 0.818. The van der Waals surface area contributed by atoms with Gasteiger partial charge in [-0.2, -0.15) is 0 Å². The SMILES string of the molecule is NC1CCCC(CCC(=O)NC2CCCCCCC2)C1. The standard InChI is InChI=1S/C17H32N2O/c18-15-8-6-7-14(13-15)11-12-17(20)19-16-9-4-2-1-3-5-10-16/h14-16H,1-13,18H2,(H,19,20). The lowest BCUT2D eigenvalue weighted by Crippen LogP contribution is -2.35. The minimum absolute atomic E-state index is 0.273. The van der Waals surface area contributed by atoms with Crippen LogP contribution in [-0.2, 0) is 4.79 Å². The summed E-state index contributed by atoms with van der Waals surface area (Å²) in [6.45, 7) is 0. The molecule has 3 nitrogen and oxygen atoms in total. The van der Waals surface area contributed by atoms with Gasteiger partial charge in [0.1, 0.15) is 0 Å². The predicted molar refractivity (Wildman–Crippen MR) is 83.4 cm³/mol. The molecule has 2 fully saturated rings. The van der Waals surface area contributed by atoms with Crippen molar-refractivity contribution in [3.05, 3.63) is 0 Å². The first-order valence-corrected chi connectivity index (χ1v) is 8.79. The highest BCUT2D eigenvalue weighted by Crippen LogP contribution is 2.26. The van der Waals surface area contributed by atoms with Gasteiger partial charge in [-0.1, -0.05) is 44.9 Å². The zero-order valence-corrected chi connectivity index (χ0v) is 12.9. The number of carbonyl (C=O) groups is 1. The molecule has 0 radical (unpaired) electrons. The van der Waals surface area contributed by atoms with Crippen molar-refractivity contribution in [2.24, 2.45) is 11.7 Å². The molecule has 116 valence electrons. The molecule has 0 spiro atoms. The number of amides is 1. The Bertz CT molecular complexity index is 285. The molecular formula is C17H32N2O. The molecule has 0 saturated heterocycles. The van der Waals surface area contributed by atoms with Crippen molar-refractivity contribution in [2.75, 3.05) is 0 Å². The summed E-state index contributed by atoms with van der Waals surface area (Å²) in [5, 5.41) is 3.27. The molecule has 3 N–H and O–H groups in total. The molecule has 0 aromatic heterocycles. The van der Waals surface area contributed by atoms with Crippen LogP contribution in [0.25, 0.3) is 0 Å². The Morgan fingerprint density at radius 1 is 0.950 bits per heavy atom. The van der Waals surface area contributed by atoms with E-state index in [4.69, 9.17) is 5.73 Å². The van der Waals surface area contributed by atoms with Crippen LogP contribution < -0.4 is 11.1 Å². The van der Waals surface area contributed by atoms with E-state index in [1.165, 1.54) is 64.2 Å². The quantitative estimate of drug-likeness (QED) is 0.828. The Hall–Kier alpha value is -0.570. The highest BCUT2D eigenvalue weighted by atomic mass is 16.1. The molecule has 2 saturated carbocycles. The van der Waals surface area contributed by atoms with Gasteiger partial charge in [-0.25, -0.2) is 0 Å². The predicted octanol–water partition coefficient (Wildman–Crippen LogP) is 3.51. The van der Waals surface area contributed by atoms with Crippen LogP contribution in [0.4, 0.5) is 0 Å². The average Bonchev–Trinajstić information content (AvgIpc) is 2.39. The zero-order chi connectivity index (χ0) is 14.2. The fourth-order valence-corrected chi connectivity index (χ4v) is 3.83. The van der Waals surface area contributed by atoms with Crippen LogP contribution in [0.1, 0.15) is 83.5 Å². The third-order valence-electron chi connectivity index (χ3n) is 5.07. The smallest absolute Gasteiger partial charge is 0.220 e. The Morgan fingerprint density at radius 2 is 1.65 bits per heavy atom. The minimum atomic E-state index is 0.273. The van der Waals surface area contributed by atoms with E-state index in [0.717, 1.165) is 12.8 Å². The summed E-state index contributed by atoms with van der Waals surface area (Å²) < 4.78 is 0. The van der Waals surface area contributed by atoms with Crippen LogP contribution in [0, 0.1) is 5.92 Å². The highest BCUT2D eigenvalue weighted by molar-refractivity contribution is 5.76. The molecule has 2 atom stereocenters. The second kappa shape index (κ2) is 8.66. The van der Waals surface area contributed by atoms with Gasteiger partial charge >= 0.3 is 0 Å². The molecule has 0 aliphatic heterocycles. The van der Waals surface area contributed by atoms with Gasteiger partial charge in [0.05, 0.1) is 0 Å². The molecule has 0 bridgehead atoms. The van der Waals surface area contributed by atoms with E-state index in [1.807, 2.05) is 0 Å². The maximum atomic E-state index is 12.1. The molecule has 2 aliphatic rings. The van der Waals surface area contributed by atoms with Gasteiger partial charge in [-0.05, 0) is 38.0 Å². The molecule has 3 heteroatoms. The van der Waals surface area contributed by atoms with Crippen LogP contribution in [0.15, 0.2) is 0 Å². The Kier molecular flexibility index (Phi) is 6.85. The van der Waals surface area contributed by atoms with Crippen LogP contribution >= 0.6 is 0 Å². The topological polar surface area (TPSA) is 55.1 Å². The van der Waals surface area contributed by atoms with Gasteiger partial charge < -0.3 is 11.1 Å². The monoisotopic (exact) mass is 280 g/mol. The van der Waals surface area contributed by atoms with E-state index >= 15 is 0 Å². The van der Waals surface area contributed by atoms with Crippen LogP contribution in [0.2, 0.25) is 0 Å². The summed E-state index contributed by atoms with van der Waals surface area (Å²) in [5.74, 6) is 0.955. The third-order valence-corrected chi connectivity index (χ3v) is 5.07. The first-order chi connectivity index (χ1) is 9.74. The number of hydrogen-bond acceptors (Lipinski definition) is 2. The van der Waals surface area contributed by atoms with E-state index in [9.17, 15) is 4.79 Å². The molecule has 2 rings (SSSR count). The van der Waals surface area contributed by atoms with Gasteiger partial charge in [0.15, 0.2) is 0 Å². The maximum absolute atomic E-state index is 12.1. The first-order valence-electron chi connectivity index (χ1n) is 8.79. The Morgan fingerprint density at radius 3 is 2.35 bits per heavy atom. The van der Waals surface area contributed by atoms with Crippen molar-refractivity contribution in [2.45, 2.75) is 95.6 Å². The lowest BCUT2D eigenvalue weighted by molar-refractivity contribution is -0.122.